The lowest BCUT2D eigenvalue weighted by Crippen LogP contribution is -2.30. The Bertz CT molecular complexity index is 1330. The van der Waals surface area contributed by atoms with Gasteiger partial charge in [-0.1, -0.05) is 51.5 Å². The number of carboxylic acids is 1. The monoisotopic (exact) mass is 459 g/mol. The number of hydrogen-bond acceptors (Lipinski definition) is 5. The molecule has 3 aromatic rings. The fourth-order valence-electron chi connectivity index (χ4n) is 4.81. The molecule has 0 spiro atoms. The summed E-state index contributed by atoms with van der Waals surface area (Å²) in [5.41, 5.74) is 4.39. The number of carbonyl (C=O) groups is 1. The predicted octanol–water partition coefficient (Wildman–Crippen LogP) is 6.42. The van der Waals surface area contributed by atoms with Gasteiger partial charge in [-0.3, -0.25) is 10.1 Å². The van der Waals surface area contributed by atoms with Gasteiger partial charge in [0.2, 0.25) is 0 Å². The minimum absolute atomic E-state index is 0.00369. The molecule has 2 N–H and O–H groups in total. The van der Waals surface area contributed by atoms with Gasteiger partial charge in [-0.2, -0.15) is 0 Å². The minimum atomic E-state index is -0.960. The van der Waals surface area contributed by atoms with Crippen LogP contribution in [-0.4, -0.2) is 28.0 Å². The van der Waals surface area contributed by atoms with Crippen molar-refractivity contribution in [3.63, 3.8) is 0 Å². The number of carboxylic acid groups (broad SMARTS) is 1. The number of para-hydroxylation sites is 1. The summed E-state index contributed by atoms with van der Waals surface area (Å²) < 4.78 is 0. The molecule has 1 heterocycles. The molecule has 1 atom stereocenters. The van der Waals surface area contributed by atoms with Gasteiger partial charge in [0.25, 0.3) is 5.69 Å². The normalized spacial score (nSPS) is 16.9. The van der Waals surface area contributed by atoms with Crippen LogP contribution >= 0.6 is 0 Å². The molecule has 7 nitrogen and oxygen atoms in total. The van der Waals surface area contributed by atoms with E-state index < -0.39 is 10.9 Å². The lowest BCUT2D eigenvalue weighted by molar-refractivity contribution is -0.383. The molecule has 1 aliphatic rings. The summed E-state index contributed by atoms with van der Waals surface area (Å²) in [5, 5.41) is 25.3. The summed E-state index contributed by atoms with van der Waals surface area (Å²) in [6.45, 7) is 6.57. The first-order valence-corrected chi connectivity index (χ1v) is 11.5. The predicted molar refractivity (Wildman–Crippen MR) is 135 cm³/mol. The number of rotatable bonds is 6. The maximum absolute atomic E-state index is 12.4. The smallest absolute Gasteiger partial charge is 0.336 e. The Morgan fingerprint density at radius 3 is 2.65 bits per heavy atom. The van der Waals surface area contributed by atoms with Crippen molar-refractivity contribution in [3.05, 3.63) is 75.0 Å². The molecule has 1 aromatic heterocycles. The number of nitrogens with one attached hydrogen (secondary N) is 1. The van der Waals surface area contributed by atoms with E-state index >= 15 is 0 Å². The van der Waals surface area contributed by atoms with E-state index in [1.807, 2.05) is 36.4 Å². The molecule has 7 heteroatoms. The maximum Gasteiger partial charge on any atom is 0.336 e. The lowest BCUT2D eigenvalue weighted by atomic mass is 9.67. The Morgan fingerprint density at radius 2 is 2.00 bits per heavy atom. The van der Waals surface area contributed by atoms with Crippen LogP contribution in [0.4, 0.5) is 11.4 Å². The third kappa shape index (κ3) is 4.14. The number of pyridine rings is 1. The molecule has 0 amide bonds. The van der Waals surface area contributed by atoms with Crippen LogP contribution in [0.2, 0.25) is 0 Å². The third-order valence-electron chi connectivity index (χ3n) is 7.27. The molecular weight excluding hydrogens is 430 g/mol. The molecule has 0 radical (unpaired) electrons. The van der Waals surface area contributed by atoms with Crippen LogP contribution in [0.15, 0.2) is 42.5 Å². The Labute approximate surface area is 198 Å². The second kappa shape index (κ2) is 8.89. The van der Waals surface area contributed by atoms with Crippen LogP contribution in [0, 0.1) is 21.4 Å². The van der Waals surface area contributed by atoms with E-state index in [1.165, 1.54) is 0 Å². The van der Waals surface area contributed by atoms with E-state index in [1.54, 1.807) is 19.2 Å². The molecule has 176 valence electrons. The summed E-state index contributed by atoms with van der Waals surface area (Å²) in [6, 6.07) is 12.4. The number of hydrogen-bond donors (Lipinski definition) is 2. The first-order chi connectivity index (χ1) is 16.2. The number of anilines is 1. The van der Waals surface area contributed by atoms with Crippen LogP contribution in [0.1, 0.15) is 60.8 Å². The standard InChI is InChI=1S/C27H29N3O4/c1-5-27(2,3)18-14-17(12-16-10-11-22(28-4)23(13-16)30(33)34)25-20(15-18)24(26(31)32)19-8-6-7-9-21(19)29-25/h6-13,18,28H,5,14-15H2,1-4H3,(H,31,32). The number of nitrogens with zero attached hydrogens (tertiary/aromatic N) is 2. The highest BCUT2D eigenvalue weighted by Gasteiger charge is 2.36. The molecule has 34 heavy (non-hydrogen) atoms. The number of aromatic carboxylic acids is 1. The van der Waals surface area contributed by atoms with E-state index in [-0.39, 0.29) is 17.0 Å². The van der Waals surface area contributed by atoms with Crippen molar-refractivity contribution in [1.29, 1.82) is 0 Å². The summed E-state index contributed by atoms with van der Waals surface area (Å²) in [5.74, 6) is -0.748. The molecule has 2 aromatic carbocycles. The molecule has 0 fully saturated rings. The van der Waals surface area contributed by atoms with Crippen LogP contribution in [0.3, 0.4) is 0 Å². The quantitative estimate of drug-likeness (QED) is 0.325. The largest absolute Gasteiger partial charge is 0.478 e. The second-order valence-corrected chi connectivity index (χ2v) is 9.54. The van der Waals surface area contributed by atoms with E-state index in [0.29, 0.717) is 39.8 Å². The van der Waals surface area contributed by atoms with Gasteiger partial charge >= 0.3 is 5.97 Å². The second-order valence-electron chi connectivity index (χ2n) is 9.54. The number of aromatic nitrogens is 1. The van der Waals surface area contributed by atoms with E-state index in [2.05, 4.69) is 26.1 Å². The molecular formula is C27H29N3O4. The van der Waals surface area contributed by atoms with Crippen LogP contribution < -0.4 is 5.32 Å². The van der Waals surface area contributed by atoms with Crippen molar-refractivity contribution in [3.8, 4) is 0 Å². The Hall–Kier alpha value is -3.74. The summed E-state index contributed by atoms with van der Waals surface area (Å²) >= 11 is 0. The fraction of sp³-hybridized carbons (Fsp3) is 0.333. The van der Waals surface area contributed by atoms with Gasteiger partial charge < -0.3 is 10.4 Å². The number of nitro groups is 1. The number of benzene rings is 2. The van der Waals surface area contributed by atoms with Gasteiger partial charge in [-0.25, -0.2) is 9.78 Å². The highest BCUT2D eigenvalue weighted by Crippen LogP contribution is 2.46. The van der Waals surface area contributed by atoms with Crippen molar-refractivity contribution in [2.75, 3.05) is 12.4 Å². The van der Waals surface area contributed by atoms with Crippen LogP contribution in [0.25, 0.3) is 22.6 Å². The Kier molecular flexibility index (Phi) is 6.13. The molecule has 0 aliphatic heterocycles. The average Bonchev–Trinajstić information content (AvgIpc) is 2.82. The summed E-state index contributed by atoms with van der Waals surface area (Å²) in [4.78, 5) is 28.5. The van der Waals surface area contributed by atoms with E-state index in [4.69, 9.17) is 4.98 Å². The molecule has 0 bridgehead atoms. The van der Waals surface area contributed by atoms with E-state index in [9.17, 15) is 20.0 Å². The zero-order valence-electron chi connectivity index (χ0n) is 19.9. The van der Waals surface area contributed by atoms with Gasteiger partial charge in [-0.05, 0) is 59.1 Å². The molecule has 4 rings (SSSR count). The van der Waals surface area contributed by atoms with Gasteiger partial charge in [0.15, 0.2) is 0 Å². The first-order valence-electron chi connectivity index (χ1n) is 11.5. The van der Waals surface area contributed by atoms with Gasteiger partial charge in [0.05, 0.1) is 21.7 Å². The SMILES string of the molecule is CCC(C)(C)C1CC(=Cc2ccc(NC)c([N+](=O)[O-])c2)c2nc3ccccc3c(C(=O)O)c2C1. The molecule has 1 aliphatic carbocycles. The zero-order chi connectivity index (χ0) is 24.6. The van der Waals surface area contributed by atoms with Gasteiger partial charge in [-0.15, -0.1) is 0 Å². The van der Waals surface area contributed by atoms with Crippen molar-refractivity contribution < 1.29 is 14.8 Å². The van der Waals surface area contributed by atoms with Gasteiger partial charge in [0.1, 0.15) is 5.69 Å². The van der Waals surface area contributed by atoms with E-state index in [0.717, 1.165) is 24.0 Å². The Balaban J connectivity index is 1.98. The molecule has 0 saturated carbocycles. The fourth-order valence-corrected chi connectivity index (χ4v) is 4.81. The van der Waals surface area contributed by atoms with Crippen molar-refractivity contribution >= 4 is 39.9 Å². The summed E-state index contributed by atoms with van der Waals surface area (Å²) in [6.07, 6.45) is 4.23. The van der Waals surface area contributed by atoms with Crippen molar-refractivity contribution in [2.45, 2.75) is 40.0 Å². The zero-order valence-corrected chi connectivity index (χ0v) is 19.9. The van der Waals surface area contributed by atoms with Crippen molar-refractivity contribution in [1.82, 2.24) is 4.98 Å². The lowest BCUT2D eigenvalue weighted by Gasteiger charge is -2.38. The summed E-state index contributed by atoms with van der Waals surface area (Å²) in [7, 11) is 1.65. The highest BCUT2D eigenvalue weighted by atomic mass is 16.6. The molecule has 1 unspecified atom stereocenters. The topological polar surface area (TPSA) is 105 Å². The number of nitro benzene ring substituents is 1. The minimum Gasteiger partial charge on any atom is -0.478 e. The third-order valence-corrected chi connectivity index (χ3v) is 7.27. The van der Waals surface area contributed by atoms with Crippen LogP contribution in [-0.2, 0) is 6.42 Å². The number of allylic oxidation sites excluding steroid dienone is 1. The Morgan fingerprint density at radius 1 is 1.26 bits per heavy atom. The number of fused-ring (bicyclic) bond motifs is 2. The maximum atomic E-state index is 12.4. The van der Waals surface area contributed by atoms with Gasteiger partial charge in [0, 0.05) is 18.5 Å². The van der Waals surface area contributed by atoms with Crippen LogP contribution in [0.5, 0.6) is 0 Å². The highest BCUT2D eigenvalue weighted by molar-refractivity contribution is 6.06. The average molecular weight is 460 g/mol. The first kappa shape index (κ1) is 23.4. The van der Waals surface area contributed by atoms with Crippen molar-refractivity contribution in [2.24, 2.45) is 11.3 Å². The molecule has 0 saturated heterocycles.